The van der Waals surface area contributed by atoms with E-state index < -0.39 is 71.6 Å². The minimum Gasteiger partial charge on any atom is -0.458 e. The molecule has 3 amide bonds. The van der Waals surface area contributed by atoms with E-state index in [0.29, 0.717) is 19.2 Å². The summed E-state index contributed by atoms with van der Waals surface area (Å²) in [6.45, 7) is 19.8. The minimum atomic E-state index is -1.16. The van der Waals surface area contributed by atoms with Crippen molar-refractivity contribution < 1.29 is 42.7 Å². The van der Waals surface area contributed by atoms with E-state index in [1.54, 1.807) is 41.5 Å². The fourth-order valence-electron chi connectivity index (χ4n) is 4.58. The summed E-state index contributed by atoms with van der Waals surface area (Å²) in [7, 11) is -0.456. The van der Waals surface area contributed by atoms with Crippen LogP contribution in [0.15, 0.2) is 30.3 Å². The zero-order valence-electron chi connectivity index (χ0n) is 29.4. The molecule has 1 aromatic rings. The lowest BCUT2D eigenvalue weighted by Crippen LogP contribution is -2.53. The van der Waals surface area contributed by atoms with Gasteiger partial charge in [-0.15, -0.1) is 0 Å². The average molecular weight is 648 g/mol. The molecule has 0 saturated carbocycles. The van der Waals surface area contributed by atoms with E-state index in [1.807, 2.05) is 58.0 Å². The number of nitrogens with one attached hydrogen (secondary N) is 3. The monoisotopic (exact) mass is 647 g/mol. The highest BCUT2D eigenvalue weighted by molar-refractivity contribution is 6.45. The summed E-state index contributed by atoms with van der Waals surface area (Å²) in [5, 5.41) is 8.01. The Hall–Kier alpha value is -3.32. The van der Waals surface area contributed by atoms with E-state index in [-0.39, 0.29) is 13.2 Å². The van der Waals surface area contributed by atoms with E-state index in [0.717, 1.165) is 5.56 Å². The summed E-state index contributed by atoms with van der Waals surface area (Å²) in [4.78, 5) is 51.8. The number of amides is 3. The second kappa shape index (κ2) is 16.0. The number of hydrogen-bond donors (Lipinski definition) is 3. The van der Waals surface area contributed by atoms with Crippen LogP contribution in [0.4, 0.5) is 9.59 Å². The van der Waals surface area contributed by atoms with Crippen LogP contribution in [0.5, 0.6) is 0 Å². The Labute approximate surface area is 274 Å². The number of alkyl carbamates (subject to hydrolysis) is 2. The van der Waals surface area contributed by atoms with E-state index >= 15 is 0 Å². The molecule has 1 saturated heterocycles. The third-order valence-electron chi connectivity index (χ3n) is 7.60. The predicted octanol–water partition coefficient (Wildman–Crippen LogP) is 5.14. The third kappa shape index (κ3) is 13.2. The molecule has 12 nitrogen and oxygen atoms in total. The molecule has 1 aliphatic heterocycles. The largest absolute Gasteiger partial charge is 0.458 e. The molecule has 0 aromatic heterocycles. The third-order valence-corrected chi connectivity index (χ3v) is 7.60. The average Bonchev–Trinajstić information content (AvgIpc) is 3.11. The Kier molecular flexibility index (Phi) is 13.5. The van der Waals surface area contributed by atoms with Crippen molar-refractivity contribution in [1.82, 2.24) is 16.0 Å². The van der Waals surface area contributed by atoms with Crippen molar-refractivity contribution in [2.24, 2.45) is 5.92 Å². The smallest absolute Gasteiger partial charge is 0.457 e. The topological polar surface area (TPSA) is 151 Å². The van der Waals surface area contributed by atoms with Crippen molar-refractivity contribution in [1.29, 1.82) is 0 Å². The Bertz CT molecular complexity index is 1160. The predicted molar refractivity (Wildman–Crippen MR) is 175 cm³/mol. The lowest BCUT2D eigenvalue weighted by Gasteiger charge is -2.32. The molecule has 0 bridgehead atoms. The molecule has 3 N–H and O–H groups in total. The second-order valence-corrected chi connectivity index (χ2v) is 14.7. The lowest BCUT2D eigenvalue weighted by atomic mass is 9.80. The molecule has 46 heavy (non-hydrogen) atoms. The zero-order chi connectivity index (χ0) is 34.9. The molecule has 1 aliphatic rings. The molecule has 258 valence electrons. The fourth-order valence-corrected chi connectivity index (χ4v) is 4.58. The van der Waals surface area contributed by atoms with Gasteiger partial charge in [0.2, 0.25) is 5.91 Å². The van der Waals surface area contributed by atoms with Gasteiger partial charge in [-0.2, -0.15) is 0 Å². The summed E-state index contributed by atoms with van der Waals surface area (Å²) in [5.41, 5.74) is -1.78. The number of esters is 1. The quantitative estimate of drug-likeness (QED) is 0.150. The van der Waals surface area contributed by atoms with Gasteiger partial charge in [0, 0.05) is 12.5 Å². The van der Waals surface area contributed by atoms with Crippen LogP contribution >= 0.6 is 0 Å². The Morgan fingerprint density at radius 1 is 0.848 bits per heavy atom. The molecule has 3 atom stereocenters. The molecule has 1 fully saturated rings. The maximum atomic E-state index is 13.5. The normalized spacial score (nSPS) is 17.7. The molecular weight excluding hydrogens is 593 g/mol. The first-order chi connectivity index (χ1) is 21.1. The van der Waals surface area contributed by atoms with Crippen LogP contribution in [0.1, 0.15) is 94.6 Å². The molecule has 0 unspecified atom stereocenters. The maximum Gasteiger partial charge on any atom is 0.457 e. The number of benzene rings is 1. The highest BCUT2D eigenvalue weighted by Crippen LogP contribution is 2.38. The van der Waals surface area contributed by atoms with Gasteiger partial charge in [0.15, 0.2) is 0 Å². The van der Waals surface area contributed by atoms with Crippen LogP contribution in [-0.2, 0) is 39.7 Å². The first-order valence-corrected chi connectivity index (χ1v) is 15.9. The highest BCUT2D eigenvalue weighted by atomic mass is 16.7. The number of rotatable bonds is 13. The van der Waals surface area contributed by atoms with Crippen molar-refractivity contribution in [2.45, 2.75) is 136 Å². The molecular formula is C33H54BN3O9. The molecule has 1 aromatic carbocycles. The Balaban J connectivity index is 2.21. The van der Waals surface area contributed by atoms with Crippen LogP contribution in [0.25, 0.3) is 0 Å². The summed E-state index contributed by atoms with van der Waals surface area (Å²) in [5.74, 6) is -1.77. The SMILES string of the molecule is C[C@H](NC(=O)OC(C)(C)C)C(=O)NC[C@@H](CCCB1OC(C)(C)C(C)(C)O1)[C@H](NC(=O)OCc1ccccc1)C(=O)OC(C)(C)C. The zero-order valence-corrected chi connectivity index (χ0v) is 29.4. The minimum absolute atomic E-state index is 0.00485. The summed E-state index contributed by atoms with van der Waals surface area (Å²) in [6.07, 6.45) is -0.0806. The van der Waals surface area contributed by atoms with Crippen LogP contribution in [-0.4, -0.2) is 72.2 Å². The van der Waals surface area contributed by atoms with Gasteiger partial charge in [-0.25, -0.2) is 14.4 Å². The standard InChI is InChI=1S/C33H54BN3O9/c1-22(36-29(41)44-31(5,6)7)26(38)35-20-24(18-15-19-34-45-32(8,9)33(10,11)46-34)25(27(39)43-30(2,3)4)37-28(40)42-21-23-16-13-12-14-17-23/h12-14,16-17,22,24-25H,15,18-21H2,1-11H3,(H,35,38)(H,36,41)(H,37,40)/t22-,24+,25-/m0/s1. The van der Waals surface area contributed by atoms with Crippen LogP contribution < -0.4 is 16.0 Å². The van der Waals surface area contributed by atoms with Gasteiger partial charge in [0.1, 0.15) is 29.9 Å². The number of carbonyl (C=O) groups is 4. The molecule has 13 heteroatoms. The van der Waals surface area contributed by atoms with E-state index in [9.17, 15) is 19.2 Å². The van der Waals surface area contributed by atoms with Crippen molar-refractivity contribution in [2.75, 3.05) is 6.54 Å². The summed E-state index contributed by atoms with van der Waals surface area (Å²) >= 11 is 0. The molecule has 0 aliphatic carbocycles. The van der Waals surface area contributed by atoms with Crippen molar-refractivity contribution >= 4 is 31.2 Å². The lowest BCUT2D eigenvalue weighted by molar-refractivity contribution is -0.159. The molecule has 2 rings (SSSR count). The number of ether oxygens (including phenoxy) is 3. The molecule has 0 spiro atoms. The van der Waals surface area contributed by atoms with Gasteiger partial charge in [0.25, 0.3) is 0 Å². The van der Waals surface area contributed by atoms with E-state index in [1.165, 1.54) is 6.92 Å². The van der Waals surface area contributed by atoms with Crippen molar-refractivity contribution in [3.8, 4) is 0 Å². The first kappa shape index (κ1) is 38.9. The van der Waals surface area contributed by atoms with Crippen molar-refractivity contribution in [3.05, 3.63) is 35.9 Å². The van der Waals surface area contributed by atoms with E-state index in [2.05, 4.69) is 16.0 Å². The molecule has 0 radical (unpaired) electrons. The van der Waals surface area contributed by atoms with Crippen LogP contribution in [0, 0.1) is 5.92 Å². The van der Waals surface area contributed by atoms with Gasteiger partial charge in [0.05, 0.1) is 11.2 Å². The number of carbonyl (C=O) groups excluding carboxylic acids is 4. The van der Waals surface area contributed by atoms with Gasteiger partial charge in [-0.05, 0) is 94.5 Å². The van der Waals surface area contributed by atoms with Crippen LogP contribution in [0.3, 0.4) is 0 Å². The van der Waals surface area contributed by atoms with Gasteiger partial charge in [-0.1, -0.05) is 36.8 Å². The Morgan fingerprint density at radius 3 is 1.96 bits per heavy atom. The van der Waals surface area contributed by atoms with E-state index in [4.69, 9.17) is 23.5 Å². The van der Waals surface area contributed by atoms with Gasteiger partial charge < -0.3 is 39.5 Å². The summed E-state index contributed by atoms with van der Waals surface area (Å²) in [6, 6.07) is 7.07. The van der Waals surface area contributed by atoms with Gasteiger partial charge >= 0.3 is 25.3 Å². The second-order valence-electron chi connectivity index (χ2n) is 14.7. The maximum absolute atomic E-state index is 13.5. The fraction of sp³-hybridized carbons (Fsp3) is 0.697. The van der Waals surface area contributed by atoms with Crippen molar-refractivity contribution in [3.63, 3.8) is 0 Å². The summed E-state index contributed by atoms with van der Waals surface area (Å²) < 4.78 is 28.6. The number of hydrogen-bond acceptors (Lipinski definition) is 9. The first-order valence-electron chi connectivity index (χ1n) is 15.9. The highest BCUT2D eigenvalue weighted by Gasteiger charge is 2.50. The van der Waals surface area contributed by atoms with Crippen LogP contribution in [0.2, 0.25) is 6.32 Å². The van der Waals surface area contributed by atoms with Gasteiger partial charge in [-0.3, -0.25) is 4.79 Å². The Morgan fingerprint density at radius 2 is 1.41 bits per heavy atom. The molecule has 1 heterocycles.